The Bertz CT molecular complexity index is 1760. The molecular weight excluding hydrogens is 538 g/mol. The summed E-state index contributed by atoms with van der Waals surface area (Å²) in [5, 5.41) is 21.8. The van der Waals surface area contributed by atoms with E-state index in [0.717, 1.165) is 26.9 Å². The van der Waals surface area contributed by atoms with Crippen LogP contribution in [0.2, 0.25) is 0 Å². The topological polar surface area (TPSA) is 154 Å². The van der Waals surface area contributed by atoms with Gasteiger partial charge in [-0.1, -0.05) is 25.1 Å². The molecule has 2 aromatic heterocycles. The fraction of sp³-hybridized carbons (Fsp3) is 0.161. The number of carbonyl (C=O) groups excluding carboxylic acids is 1. The number of fused-ring (bicyclic) bond motifs is 1. The maximum atomic E-state index is 13.2. The maximum absolute atomic E-state index is 13.2. The van der Waals surface area contributed by atoms with E-state index in [1.807, 2.05) is 30.5 Å². The molecule has 5 rings (SSSR count). The second kappa shape index (κ2) is 11.6. The van der Waals surface area contributed by atoms with E-state index in [9.17, 15) is 14.7 Å². The van der Waals surface area contributed by atoms with Crippen molar-refractivity contribution in [2.75, 3.05) is 7.11 Å². The van der Waals surface area contributed by atoms with E-state index >= 15 is 0 Å². The highest BCUT2D eigenvalue weighted by Gasteiger charge is 2.24. The molecule has 1 unspecified atom stereocenters. The number of amides is 1. The molecule has 0 aliphatic rings. The molecule has 41 heavy (non-hydrogen) atoms. The van der Waals surface area contributed by atoms with Gasteiger partial charge in [0.05, 0.1) is 24.7 Å². The number of aromatic carboxylic acids is 1. The van der Waals surface area contributed by atoms with Crippen LogP contribution in [0.4, 0.5) is 0 Å². The summed E-state index contributed by atoms with van der Waals surface area (Å²) >= 11 is 1.46. The number of H-pyrrole nitrogens is 1. The van der Waals surface area contributed by atoms with Crippen LogP contribution in [0.15, 0.2) is 72.5 Å². The summed E-state index contributed by atoms with van der Waals surface area (Å²) in [6.07, 6.45) is 4.36. The molecule has 9 nitrogen and oxygen atoms in total. The summed E-state index contributed by atoms with van der Waals surface area (Å²) in [6.45, 7) is 2.41. The molecule has 2 heterocycles. The van der Waals surface area contributed by atoms with Crippen LogP contribution in [0.1, 0.15) is 61.5 Å². The van der Waals surface area contributed by atoms with Gasteiger partial charge in [0.2, 0.25) is 0 Å². The maximum Gasteiger partial charge on any atom is 0.336 e. The highest BCUT2D eigenvalue weighted by molar-refractivity contribution is 7.09. The van der Waals surface area contributed by atoms with Crippen LogP contribution in [0.25, 0.3) is 22.0 Å². The first-order valence-electron chi connectivity index (χ1n) is 13.0. The molecule has 208 valence electrons. The number of carboxylic acid groups (broad SMARTS) is 1. The molecule has 3 aromatic carbocycles. The van der Waals surface area contributed by atoms with Crippen LogP contribution < -0.4 is 15.8 Å². The second-order valence-corrected chi connectivity index (χ2v) is 10.5. The summed E-state index contributed by atoms with van der Waals surface area (Å²) in [7, 11) is 1.49. The number of nitrogens with zero attached hydrogens (tertiary/aromatic N) is 1. The number of thiazole rings is 1. The minimum Gasteiger partial charge on any atom is -0.497 e. The Kier molecular flexibility index (Phi) is 7.84. The molecule has 1 amide bonds. The number of amidine groups is 1. The number of ether oxygens (including phenoxy) is 1. The number of nitrogen functional groups attached to an aromatic ring is 1. The number of nitrogens with two attached hydrogens (primary N) is 1. The number of rotatable bonds is 10. The molecule has 0 saturated carbocycles. The van der Waals surface area contributed by atoms with Crippen molar-refractivity contribution >= 4 is 40.0 Å². The highest BCUT2D eigenvalue weighted by atomic mass is 32.1. The van der Waals surface area contributed by atoms with Crippen molar-refractivity contribution in [2.45, 2.75) is 25.8 Å². The Morgan fingerprint density at radius 1 is 1.10 bits per heavy atom. The minimum atomic E-state index is -1.10. The van der Waals surface area contributed by atoms with Crippen LogP contribution in [0.5, 0.6) is 5.75 Å². The van der Waals surface area contributed by atoms with Gasteiger partial charge in [-0.05, 0) is 65.1 Å². The molecule has 0 aliphatic carbocycles. The number of aromatic nitrogens is 2. The minimum absolute atomic E-state index is 0.0118. The van der Waals surface area contributed by atoms with E-state index < -0.39 is 5.97 Å². The standard InChI is InChI=1S/C31H29N5O4S/c1-3-21(27-15-35-28-11-17(29(32)33)4-8-24(27)28)22-7-5-18(30(37)36-14-20-13-34-16-41-20)10-25(22)23-9-6-19(40-2)12-26(23)31(38)39/h4-13,15-16,21,35H,3,14H2,1-2H3,(H3,32,33)(H,36,37)(H,38,39). The number of carboxylic acids is 1. The van der Waals surface area contributed by atoms with Gasteiger partial charge in [0.15, 0.2) is 0 Å². The van der Waals surface area contributed by atoms with E-state index in [1.165, 1.54) is 24.5 Å². The zero-order chi connectivity index (χ0) is 29.1. The largest absolute Gasteiger partial charge is 0.497 e. The quantitative estimate of drug-likeness (QED) is 0.107. The average Bonchev–Trinajstić information content (AvgIpc) is 3.66. The molecule has 0 radical (unpaired) electrons. The summed E-state index contributed by atoms with van der Waals surface area (Å²) in [5.74, 6) is -1.08. The molecule has 10 heteroatoms. The second-order valence-electron chi connectivity index (χ2n) is 9.55. The normalized spacial score (nSPS) is 11.8. The van der Waals surface area contributed by atoms with Crippen LogP contribution in [-0.4, -0.2) is 39.9 Å². The van der Waals surface area contributed by atoms with E-state index in [2.05, 4.69) is 22.2 Å². The van der Waals surface area contributed by atoms with Gasteiger partial charge >= 0.3 is 5.97 Å². The van der Waals surface area contributed by atoms with Gasteiger partial charge in [-0.15, -0.1) is 11.3 Å². The van der Waals surface area contributed by atoms with Gasteiger partial charge in [-0.25, -0.2) is 4.79 Å². The Morgan fingerprint density at radius 2 is 1.90 bits per heavy atom. The average molecular weight is 568 g/mol. The van der Waals surface area contributed by atoms with Crippen LogP contribution in [0.3, 0.4) is 0 Å². The van der Waals surface area contributed by atoms with Gasteiger partial charge in [0, 0.05) is 45.2 Å². The summed E-state index contributed by atoms with van der Waals surface area (Å²) in [6, 6.07) is 16.0. The lowest BCUT2D eigenvalue weighted by Crippen LogP contribution is -2.22. The van der Waals surface area contributed by atoms with Gasteiger partial charge < -0.3 is 25.9 Å². The molecule has 5 aromatic rings. The highest BCUT2D eigenvalue weighted by Crippen LogP contribution is 2.40. The van der Waals surface area contributed by atoms with Gasteiger partial charge in [0.1, 0.15) is 11.6 Å². The Hall–Kier alpha value is -4.96. The van der Waals surface area contributed by atoms with Crippen molar-refractivity contribution in [2.24, 2.45) is 5.73 Å². The van der Waals surface area contributed by atoms with Crippen molar-refractivity contribution in [1.29, 1.82) is 5.41 Å². The number of nitrogens with one attached hydrogen (secondary N) is 3. The molecule has 6 N–H and O–H groups in total. The molecule has 0 saturated heterocycles. The lowest BCUT2D eigenvalue weighted by atomic mass is 9.82. The summed E-state index contributed by atoms with van der Waals surface area (Å²) in [5.41, 5.74) is 12.4. The van der Waals surface area contributed by atoms with Gasteiger partial charge in [-0.2, -0.15) is 0 Å². The first kappa shape index (κ1) is 27.6. The monoisotopic (exact) mass is 567 g/mol. The molecule has 0 fully saturated rings. The first-order valence-corrected chi connectivity index (χ1v) is 13.8. The fourth-order valence-electron chi connectivity index (χ4n) is 5.11. The Balaban J connectivity index is 1.65. The SMILES string of the molecule is CCC(c1ccc(C(=O)NCc2cncs2)cc1-c1ccc(OC)cc1C(=O)O)c1c[nH]c2cc(C(=N)N)ccc12. The predicted octanol–water partition coefficient (Wildman–Crippen LogP) is 5.75. The lowest BCUT2D eigenvalue weighted by molar-refractivity contribution is 0.0697. The zero-order valence-electron chi connectivity index (χ0n) is 22.5. The molecule has 1 atom stereocenters. The van der Waals surface area contributed by atoms with E-state index in [-0.39, 0.29) is 23.2 Å². The third-order valence-corrected chi connectivity index (χ3v) is 7.93. The fourth-order valence-corrected chi connectivity index (χ4v) is 5.64. The number of aromatic amines is 1. The third kappa shape index (κ3) is 5.55. The first-order chi connectivity index (χ1) is 19.8. The van der Waals surface area contributed by atoms with E-state index in [0.29, 0.717) is 41.0 Å². The van der Waals surface area contributed by atoms with Gasteiger partial charge in [-0.3, -0.25) is 15.2 Å². The van der Waals surface area contributed by atoms with Crippen molar-refractivity contribution < 1.29 is 19.4 Å². The van der Waals surface area contributed by atoms with Crippen LogP contribution in [-0.2, 0) is 6.54 Å². The third-order valence-electron chi connectivity index (χ3n) is 7.15. The van der Waals surface area contributed by atoms with Crippen molar-refractivity contribution in [1.82, 2.24) is 15.3 Å². The Morgan fingerprint density at radius 3 is 2.59 bits per heavy atom. The van der Waals surface area contributed by atoms with E-state index in [4.69, 9.17) is 15.9 Å². The summed E-state index contributed by atoms with van der Waals surface area (Å²) in [4.78, 5) is 33.8. The zero-order valence-corrected chi connectivity index (χ0v) is 23.3. The number of hydrogen-bond acceptors (Lipinski definition) is 6. The predicted molar refractivity (Wildman–Crippen MR) is 160 cm³/mol. The number of hydrogen-bond donors (Lipinski definition) is 5. The number of methoxy groups -OCH3 is 1. The number of benzene rings is 3. The van der Waals surface area contributed by atoms with E-state index in [1.54, 1.807) is 36.0 Å². The molecular formula is C31H29N5O4S. The van der Waals surface area contributed by atoms with Crippen LogP contribution >= 0.6 is 11.3 Å². The summed E-state index contributed by atoms with van der Waals surface area (Å²) < 4.78 is 5.30. The lowest BCUT2D eigenvalue weighted by Gasteiger charge is -2.22. The number of carbonyl (C=O) groups is 2. The van der Waals surface area contributed by atoms with Gasteiger partial charge in [0.25, 0.3) is 5.91 Å². The Labute approximate surface area is 240 Å². The van der Waals surface area contributed by atoms with Crippen molar-refractivity contribution in [3.63, 3.8) is 0 Å². The molecule has 0 bridgehead atoms. The smallest absolute Gasteiger partial charge is 0.336 e. The van der Waals surface area contributed by atoms with Crippen LogP contribution in [0, 0.1) is 5.41 Å². The van der Waals surface area contributed by atoms with Crippen molar-refractivity contribution in [3.05, 3.63) is 105 Å². The molecule has 0 aliphatic heterocycles. The van der Waals surface area contributed by atoms with Crippen molar-refractivity contribution in [3.8, 4) is 16.9 Å². The molecule has 0 spiro atoms.